The van der Waals surface area contributed by atoms with Crippen LogP contribution in [0, 0.1) is 5.82 Å². The van der Waals surface area contributed by atoms with Crippen LogP contribution >= 0.6 is 0 Å². The molecule has 0 saturated carbocycles. The van der Waals surface area contributed by atoms with E-state index in [0.29, 0.717) is 13.1 Å². The summed E-state index contributed by atoms with van der Waals surface area (Å²) in [6.07, 6.45) is -1.34. The molecule has 2 rings (SSSR count). The number of hydrogen-bond donors (Lipinski definition) is 1. The molecule has 1 aliphatic heterocycles. The summed E-state index contributed by atoms with van der Waals surface area (Å²) < 4.78 is 24.4. The molecule has 5 nitrogen and oxygen atoms in total. The summed E-state index contributed by atoms with van der Waals surface area (Å²) in [4.78, 5) is 13.9. The third kappa shape index (κ3) is 3.92. The van der Waals surface area contributed by atoms with Crippen LogP contribution in [0.4, 0.5) is 4.39 Å². The van der Waals surface area contributed by atoms with Gasteiger partial charge in [0.2, 0.25) is 0 Å². The Hall–Kier alpha value is -1.66. The average Bonchev–Trinajstić information content (AvgIpc) is 2.48. The van der Waals surface area contributed by atoms with Gasteiger partial charge in [-0.3, -0.25) is 4.79 Å². The highest BCUT2D eigenvalue weighted by atomic mass is 19.1. The molecule has 0 radical (unpaired) electrons. The molecule has 1 amide bonds. The first-order valence-corrected chi connectivity index (χ1v) is 6.97. The van der Waals surface area contributed by atoms with E-state index in [-0.39, 0.29) is 24.4 Å². The number of carbonyl (C=O) groups excluding carboxylic acids is 1. The standard InChI is InChI=1S/C15H20FNO4/c1-10-7-17(8-12(9-18)20-10)15(19)11(2)21-14-6-4-3-5-13(14)16/h3-6,10-12,18H,7-9H2,1-2H3. The number of morpholine rings is 1. The van der Waals surface area contributed by atoms with Crippen molar-refractivity contribution in [3.63, 3.8) is 0 Å². The van der Waals surface area contributed by atoms with Gasteiger partial charge in [0.15, 0.2) is 17.7 Å². The predicted molar refractivity (Wildman–Crippen MR) is 74.5 cm³/mol. The first-order chi connectivity index (χ1) is 10.0. The van der Waals surface area contributed by atoms with E-state index >= 15 is 0 Å². The normalized spacial score (nSPS) is 23.7. The largest absolute Gasteiger partial charge is 0.478 e. The fourth-order valence-corrected chi connectivity index (χ4v) is 2.36. The van der Waals surface area contributed by atoms with Gasteiger partial charge in [0.05, 0.1) is 18.8 Å². The van der Waals surface area contributed by atoms with Gasteiger partial charge in [0, 0.05) is 13.1 Å². The number of hydrogen-bond acceptors (Lipinski definition) is 4. The van der Waals surface area contributed by atoms with Crippen molar-refractivity contribution in [1.82, 2.24) is 4.90 Å². The number of para-hydroxylation sites is 1. The van der Waals surface area contributed by atoms with Crippen molar-refractivity contribution in [1.29, 1.82) is 0 Å². The van der Waals surface area contributed by atoms with E-state index in [1.807, 2.05) is 6.92 Å². The molecule has 1 N–H and O–H groups in total. The summed E-state index contributed by atoms with van der Waals surface area (Å²) in [6.45, 7) is 4.02. The number of amides is 1. The van der Waals surface area contributed by atoms with Crippen LogP contribution in [0.2, 0.25) is 0 Å². The number of halogens is 1. The minimum Gasteiger partial charge on any atom is -0.478 e. The highest BCUT2D eigenvalue weighted by molar-refractivity contribution is 5.81. The zero-order valence-electron chi connectivity index (χ0n) is 12.2. The molecular formula is C15H20FNO4. The maximum atomic E-state index is 13.5. The molecule has 1 fully saturated rings. The Morgan fingerprint density at radius 2 is 2.24 bits per heavy atom. The lowest BCUT2D eigenvalue weighted by molar-refractivity contribution is -0.153. The van der Waals surface area contributed by atoms with Crippen LogP contribution in [-0.2, 0) is 9.53 Å². The second-order valence-electron chi connectivity index (χ2n) is 5.19. The number of rotatable bonds is 4. The Balaban J connectivity index is 2.00. The molecule has 3 atom stereocenters. The van der Waals surface area contributed by atoms with E-state index in [1.165, 1.54) is 12.1 Å². The quantitative estimate of drug-likeness (QED) is 0.907. The first kappa shape index (κ1) is 15.7. The lowest BCUT2D eigenvalue weighted by atomic mass is 10.2. The Kier molecular flexibility index (Phi) is 5.14. The molecular weight excluding hydrogens is 277 g/mol. The molecule has 21 heavy (non-hydrogen) atoms. The summed E-state index contributed by atoms with van der Waals surface area (Å²) in [5.41, 5.74) is 0. The zero-order chi connectivity index (χ0) is 15.4. The van der Waals surface area contributed by atoms with Gasteiger partial charge in [-0.05, 0) is 26.0 Å². The van der Waals surface area contributed by atoms with Crippen molar-refractivity contribution in [2.24, 2.45) is 0 Å². The van der Waals surface area contributed by atoms with Crippen LogP contribution in [0.25, 0.3) is 0 Å². The molecule has 0 aliphatic carbocycles. The highest BCUT2D eigenvalue weighted by Gasteiger charge is 2.31. The van der Waals surface area contributed by atoms with Gasteiger partial charge in [-0.25, -0.2) is 4.39 Å². The number of aliphatic hydroxyl groups excluding tert-OH is 1. The van der Waals surface area contributed by atoms with Gasteiger partial charge in [-0.15, -0.1) is 0 Å². The summed E-state index contributed by atoms with van der Waals surface area (Å²) in [7, 11) is 0. The van der Waals surface area contributed by atoms with Crippen LogP contribution in [0.5, 0.6) is 5.75 Å². The molecule has 6 heteroatoms. The first-order valence-electron chi connectivity index (χ1n) is 6.97. The molecule has 3 unspecified atom stereocenters. The predicted octanol–water partition coefficient (Wildman–Crippen LogP) is 1.20. The maximum Gasteiger partial charge on any atom is 0.263 e. The molecule has 0 aromatic heterocycles. The van der Waals surface area contributed by atoms with Gasteiger partial charge in [0.25, 0.3) is 5.91 Å². The fourth-order valence-electron chi connectivity index (χ4n) is 2.36. The van der Waals surface area contributed by atoms with E-state index in [4.69, 9.17) is 9.47 Å². The molecule has 1 saturated heterocycles. The SMILES string of the molecule is CC1CN(C(=O)C(C)Oc2ccccc2F)CC(CO)O1. The Bertz CT molecular complexity index is 496. The topological polar surface area (TPSA) is 59.0 Å². The molecule has 116 valence electrons. The van der Waals surface area contributed by atoms with Crippen molar-refractivity contribution in [2.45, 2.75) is 32.2 Å². The van der Waals surface area contributed by atoms with Gasteiger partial charge in [-0.2, -0.15) is 0 Å². The smallest absolute Gasteiger partial charge is 0.263 e. The van der Waals surface area contributed by atoms with Crippen LogP contribution < -0.4 is 4.74 Å². The summed E-state index contributed by atoms with van der Waals surface area (Å²) in [6, 6.07) is 5.97. The molecule has 1 aliphatic rings. The van der Waals surface area contributed by atoms with Crippen molar-refractivity contribution >= 4 is 5.91 Å². The lowest BCUT2D eigenvalue weighted by Gasteiger charge is -2.37. The van der Waals surface area contributed by atoms with Crippen molar-refractivity contribution < 1.29 is 23.8 Å². The van der Waals surface area contributed by atoms with E-state index in [9.17, 15) is 14.3 Å². The van der Waals surface area contributed by atoms with Crippen LogP contribution in [0.1, 0.15) is 13.8 Å². The molecule has 1 aromatic carbocycles. The third-order valence-corrected chi connectivity index (χ3v) is 3.33. The number of carbonyl (C=O) groups is 1. The van der Waals surface area contributed by atoms with Crippen molar-refractivity contribution in [3.05, 3.63) is 30.1 Å². The second kappa shape index (κ2) is 6.87. The van der Waals surface area contributed by atoms with E-state index in [0.717, 1.165) is 0 Å². The van der Waals surface area contributed by atoms with E-state index < -0.39 is 18.0 Å². The molecule has 0 bridgehead atoms. The average molecular weight is 297 g/mol. The molecule has 0 spiro atoms. The summed E-state index contributed by atoms with van der Waals surface area (Å²) in [5, 5.41) is 9.17. The lowest BCUT2D eigenvalue weighted by Crippen LogP contribution is -2.53. The van der Waals surface area contributed by atoms with Gasteiger partial charge in [0.1, 0.15) is 0 Å². The number of aliphatic hydroxyl groups is 1. The van der Waals surface area contributed by atoms with Gasteiger partial charge < -0.3 is 19.5 Å². The maximum absolute atomic E-state index is 13.5. The monoisotopic (exact) mass is 297 g/mol. The highest BCUT2D eigenvalue weighted by Crippen LogP contribution is 2.19. The van der Waals surface area contributed by atoms with Crippen molar-refractivity contribution in [3.8, 4) is 5.75 Å². The Morgan fingerprint density at radius 3 is 2.90 bits per heavy atom. The van der Waals surface area contributed by atoms with Gasteiger partial charge >= 0.3 is 0 Å². The van der Waals surface area contributed by atoms with Gasteiger partial charge in [-0.1, -0.05) is 12.1 Å². The zero-order valence-corrected chi connectivity index (χ0v) is 12.2. The van der Waals surface area contributed by atoms with E-state index in [1.54, 1.807) is 24.0 Å². The molecule has 1 heterocycles. The summed E-state index contributed by atoms with van der Waals surface area (Å²) >= 11 is 0. The summed E-state index contributed by atoms with van der Waals surface area (Å²) in [5.74, 6) is -0.689. The number of nitrogens with zero attached hydrogens (tertiary/aromatic N) is 1. The number of ether oxygens (including phenoxy) is 2. The minimum absolute atomic E-state index is 0.0540. The second-order valence-corrected chi connectivity index (χ2v) is 5.19. The minimum atomic E-state index is -0.799. The van der Waals surface area contributed by atoms with Crippen LogP contribution in [0.3, 0.4) is 0 Å². The Labute approximate surface area is 123 Å². The van der Waals surface area contributed by atoms with Crippen molar-refractivity contribution in [2.75, 3.05) is 19.7 Å². The van der Waals surface area contributed by atoms with Crippen LogP contribution in [-0.4, -0.2) is 53.9 Å². The Morgan fingerprint density at radius 1 is 1.52 bits per heavy atom. The number of benzene rings is 1. The van der Waals surface area contributed by atoms with Crippen LogP contribution in [0.15, 0.2) is 24.3 Å². The molecule has 1 aromatic rings. The fraction of sp³-hybridized carbons (Fsp3) is 0.533. The van der Waals surface area contributed by atoms with E-state index in [2.05, 4.69) is 0 Å². The third-order valence-electron chi connectivity index (χ3n) is 3.33.